The van der Waals surface area contributed by atoms with Gasteiger partial charge in [0.2, 0.25) is 15.9 Å². The number of sulfonamides is 1. The highest BCUT2D eigenvalue weighted by molar-refractivity contribution is 7.89. The maximum absolute atomic E-state index is 13.4. The predicted molar refractivity (Wildman–Crippen MR) is 127 cm³/mol. The van der Waals surface area contributed by atoms with Gasteiger partial charge in [-0.15, -0.1) is 0 Å². The van der Waals surface area contributed by atoms with Crippen LogP contribution in [-0.4, -0.2) is 31.8 Å². The average molecular weight is 493 g/mol. The molecule has 6 nitrogen and oxygen atoms in total. The van der Waals surface area contributed by atoms with E-state index >= 15 is 0 Å². The van der Waals surface area contributed by atoms with Gasteiger partial charge in [0.1, 0.15) is 10.6 Å². The van der Waals surface area contributed by atoms with Crippen molar-refractivity contribution in [2.24, 2.45) is 0 Å². The minimum Gasteiger partial charge on any atom is -0.494 e. The molecule has 3 aromatic carbocycles. The van der Waals surface area contributed by atoms with Gasteiger partial charge < -0.3 is 10.1 Å². The number of carbonyl (C=O) groups is 1. The molecule has 0 heterocycles. The zero-order chi connectivity index (χ0) is 23.1. The normalized spacial score (nSPS) is 11.4. The van der Waals surface area contributed by atoms with Crippen LogP contribution >= 0.6 is 23.2 Å². The van der Waals surface area contributed by atoms with E-state index in [2.05, 4.69) is 5.32 Å². The van der Waals surface area contributed by atoms with E-state index in [-0.39, 0.29) is 21.5 Å². The van der Waals surface area contributed by atoms with E-state index in [1.165, 1.54) is 18.2 Å². The van der Waals surface area contributed by atoms with Crippen LogP contribution in [0.1, 0.15) is 12.5 Å². The van der Waals surface area contributed by atoms with Gasteiger partial charge in [-0.05, 0) is 55.0 Å². The molecule has 0 spiro atoms. The number of benzene rings is 3. The Bertz CT molecular complexity index is 1170. The SMILES string of the molecule is CCOc1ccc(NC(=O)CN(Cc2ccccc2)S(=O)(=O)c2cc(Cl)ccc2Cl)cc1. The second kappa shape index (κ2) is 10.8. The molecule has 0 aromatic heterocycles. The van der Waals surface area contributed by atoms with Crippen molar-refractivity contribution in [2.75, 3.05) is 18.5 Å². The van der Waals surface area contributed by atoms with Crippen molar-refractivity contribution in [3.63, 3.8) is 0 Å². The molecular weight excluding hydrogens is 471 g/mol. The number of hydrogen-bond donors (Lipinski definition) is 1. The molecule has 3 aromatic rings. The quantitative estimate of drug-likeness (QED) is 0.444. The molecule has 0 atom stereocenters. The Hall–Kier alpha value is -2.58. The number of halogens is 2. The highest BCUT2D eigenvalue weighted by atomic mass is 35.5. The summed E-state index contributed by atoms with van der Waals surface area (Å²) in [5.74, 6) is 0.182. The number of ether oxygens (including phenoxy) is 1. The molecule has 0 fully saturated rings. The average Bonchev–Trinajstić information content (AvgIpc) is 2.77. The van der Waals surface area contributed by atoms with Crippen LogP contribution in [0, 0.1) is 0 Å². The Kier molecular flexibility index (Phi) is 8.15. The molecule has 0 aliphatic rings. The van der Waals surface area contributed by atoms with Crippen molar-refractivity contribution >= 4 is 44.8 Å². The molecule has 9 heteroatoms. The molecule has 0 aliphatic carbocycles. The van der Waals surface area contributed by atoms with Crippen LogP contribution in [0.4, 0.5) is 5.69 Å². The van der Waals surface area contributed by atoms with E-state index in [0.29, 0.717) is 18.0 Å². The summed E-state index contributed by atoms with van der Waals surface area (Å²) < 4.78 is 33.3. The van der Waals surface area contributed by atoms with Crippen molar-refractivity contribution in [2.45, 2.75) is 18.4 Å². The Morgan fingerprint density at radius 3 is 2.34 bits per heavy atom. The van der Waals surface area contributed by atoms with Gasteiger partial charge in [0.05, 0.1) is 18.2 Å². The zero-order valence-corrected chi connectivity index (χ0v) is 19.6. The molecule has 1 amide bonds. The lowest BCUT2D eigenvalue weighted by Crippen LogP contribution is -2.37. The summed E-state index contributed by atoms with van der Waals surface area (Å²) in [6.45, 7) is 1.99. The summed E-state index contributed by atoms with van der Waals surface area (Å²) in [4.78, 5) is 12.6. The Balaban J connectivity index is 1.85. The number of nitrogens with zero attached hydrogens (tertiary/aromatic N) is 1. The summed E-state index contributed by atoms with van der Waals surface area (Å²) >= 11 is 12.2. The van der Waals surface area contributed by atoms with Crippen LogP contribution in [0.25, 0.3) is 0 Å². The second-order valence-corrected chi connectivity index (χ2v) is 9.59. The van der Waals surface area contributed by atoms with Crippen LogP contribution in [0.3, 0.4) is 0 Å². The zero-order valence-electron chi connectivity index (χ0n) is 17.3. The van der Waals surface area contributed by atoms with Crippen molar-refractivity contribution in [3.8, 4) is 5.75 Å². The lowest BCUT2D eigenvalue weighted by atomic mass is 10.2. The lowest BCUT2D eigenvalue weighted by Gasteiger charge is -2.22. The number of carbonyl (C=O) groups excluding carboxylic acids is 1. The fraction of sp³-hybridized carbons (Fsp3) is 0.174. The van der Waals surface area contributed by atoms with Gasteiger partial charge in [0.15, 0.2) is 0 Å². The van der Waals surface area contributed by atoms with Gasteiger partial charge in [-0.2, -0.15) is 4.31 Å². The number of amides is 1. The van der Waals surface area contributed by atoms with Gasteiger partial charge in [0.25, 0.3) is 0 Å². The third-order valence-corrected chi connectivity index (χ3v) is 6.99. The minimum atomic E-state index is -4.12. The molecule has 3 rings (SSSR count). The maximum atomic E-state index is 13.4. The molecule has 0 aliphatic heterocycles. The Labute approximate surface area is 197 Å². The molecule has 0 radical (unpaired) electrons. The fourth-order valence-corrected chi connectivity index (χ4v) is 5.11. The molecule has 0 saturated carbocycles. The van der Waals surface area contributed by atoms with Crippen LogP contribution in [-0.2, 0) is 21.4 Å². The van der Waals surface area contributed by atoms with Gasteiger partial charge in [-0.1, -0.05) is 53.5 Å². The maximum Gasteiger partial charge on any atom is 0.245 e. The summed E-state index contributed by atoms with van der Waals surface area (Å²) in [5.41, 5.74) is 1.25. The highest BCUT2D eigenvalue weighted by Crippen LogP contribution is 2.28. The van der Waals surface area contributed by atoms with E-state index in [1.807, 2.05) is 13.0 Å². The van der Waals surface area contributed by atoms with Crippen molar-refractivity contribution < 1.29 is 17.9 Å². The monoisotopic (exact) mass is 492 g/mol. The molecule has 0 bridgehead atoms. The van der Waals surface area contributed by atoms with Crippen molar-refractivity contribution in [3.05, 3.63) is 88.4 Å². The summed E-state index contributed by atoms with van der Waals surface area (Å²) in [5, 5.41) is 2.97. The van der Waals surface area contributed by atoms with Gasteiger partial charge in [-0.25, -0.2) is 8.42 Å². The highest BCUT2D eigenvalue weighted by Gasteiger charge is 2.29. The lowest BCUT2D eigenvalue weighted by molar-refractivity contribution is -0.116. The minimum absolute atomic E-state index is 0.0112. The summed E-state index contributed by atoms with van der Waals surface area (Å²) in [6, 6.07) is 20.0. The third-order valence-electron chi connectivity index (χ3n) is 4.48. The largest absolute Gasteiger partial charge is 0.494 e. The Morgan fingerprint density at radius 1 is 1.00 bits per heavy atom. The van der Waals surface area contributed by atoms with Gasteiger partial charge in [0, 0.05) is 17.3 Å². The Morgan fingerprint density at radius 2 is 1.69 bits per heavy atom. The van der Waals surface area contributed by atoms with E-state index in [4.69, 9.17) is 27.9 Å². The first-order chi connectivity index (χ1) is 15.3. The van der Waals surface area contributed by atoms with Crippen LogP contribution in [0.15, 0.2) is 77.7 Å². The van der Waals surface area contributed by atoms with Gasteiger partial charge in [-0.3, -0.25) is 4.79 Å². The first-order valence-corrected chi connectivity index (χ1v) is 12.0. The number of nitrogens with one attached hydrogen (secondary N) is 1. The topological polar surface area (TPSA) is 75.7 Å². The third kappa shape index (κ3) is 6.23. The first kappa shape index (κ1) is 24.1. The van der Waals surface area contributed by atoms with Crippen LogP contribution in [0.2, 0.25) is 10.0 Å². The van der Waals surface area contributed by atoms with E-state index in [1.54, 1.807) is 48.5 Å². The fourth-order valence-electron chi connectivity index (χ4n) is 2.99. The van der Waals surface area contributed by atoms with Gasteiger partial charge >= 0.3 is 0 Å². The number of anilines is 1. The standard InChI is InChI=1S/C23H22Cl2N2O4S/c1-2-31-20-11-9-19(10-12-20)26-23(28)16-27(15-17-6-4-3-5-7-17)32(29,30)22-14-18(24)8-13-21(22)25/h3-14H,2,15-16H2,1H3,(H,26,28). The summed E-state index contributed by atoms with van der Waals surface area (Å²) in [7, 11) is -4.12. The van der Waals surface area contributed by atoms with E-state index in [9.17, 15) is 13.2 Å². The van der Waals surface area contributed by atoms with E-state index in [0.717, 1.165) is 9.87 Å². The molecule has 32 heavy (non-hydrogen) atoms. The molecular formula is C23H22Cl2N2O4S. The van der Waals surface area contributed by atoms with E-state index < -0.39 is 22.5 Å². The van der Waals surface area contributed by atoms with Crippen molar-refractivity contribution in [1.82, 2.24) is 4.31 Å². The first-order valence-electron chi connectivity index (χ1n) is 9.81. The molecule has 0 unspecified atom stereocenters. The molecule has 168 valence electrons. The number of hydrogen-bond acceptors (Lipinski definition) is 4. The summed E-state index contributed by atoms with van der Waals surface area (Å²) in [6.07, 6.45) is 0. The van der Waals surface area contributed by atoms with Crippen LogP contribution in [0.5, 0.6) is 5.75 Å². The smallest absolute Gasteiger partial charge is 0.245 e. The second-order valence-electron chi connectivity index (χ2n) is 6.84. The molecule has 0 saturated heterocycles. The number of rotatable bonds is 9. The van der Waals surface area contributed by atoms with Crippen LogP contribution < -0.4 is 10.1 Å². The molecule has 1 N–H and O–H groups in total. The predicted octanol–water partition coefficient (Wildman–Crippen LogP) is 5.22. The van der Waals surface area contributed by atoms with Crippen molar-refractivity contribution in [1.29, 1.82) is 0 Å².